The summed E-state index contributed by atoms with van der Waals surface area (Å²) in [7, 11) is 0. The molecule has 5 atom stereocenters. The predicted molar refractivity (Wildman–Crippen MR) is 109 cm³/mol. The molecule has 168 valence electrons. The van der Waals surface area contributed by atoms with Gasteiger partial charge in [0.15, 0.2) is 12.0 Å². The van der Waals surface area contributed by atoms with E-state index in [4.69, 9.17) is 30.5 Å². The molecule has 3 aliphatic heterocycles. The minimum absolute atomic E-state index is 0.0519. The molecule has 1 aromatic carbocycles. The number of rotatable bonds is 2. The van der Waals surface area contributed by atoms with Gasteiger partial charge in [-0.1, -0.05) is 35.9 Å². The van der Waals surface area contributed by atoms with Gasteiger partial charge in [0, 0.05) is 11.8 Å². The van der Waals surface area contributed by atoms with Gasteiger partial charge < -0.3 is 23.5 Å². The average Bonchev–Trinajstić information content (AvgIpc) is 3.40. The van der Waals surface area contributed by atoms with Crippen LogP contribution in [0.25, 0.3) is 11.0 Å². The first kappa shape index (κ1) is 20.4. The summed E-state index contributed by atoms with van der Waals surface area (Å²) in [6.45, 7) is 2.91. The lowest BCUT2D eigenvalue weighted by Gasteiger charge is -2.36. The molecule has 0 saturated carbocycles. The van der Waals surface area contributed by atoms with Crippen LogP contribution < -0.4 is 0 Å². The number of halogens is 3. The highest BCUT2D eigenvalue weighted by atomic mass is 35.5. The van der Waals surface area contributed by atoms with Gasteiger partial charge in [-0.05, 0) is 25.5 Å². The third kappa shape index (κ3) is 2.99. The van der Waals surface area contributed by atoms with Gasteiger partial charge in [0.05, 0.1) is 5.39 Å². The zero-order valence-corrected chi connectivity index (χ0v) is 18.0. The highest BCUT2D eigenvalue weighted by molar-refractivity contribution is 6.33. The average molecular weight is 464 g/mol. The van der Waals surface area contributed by atoms with E-state index in [1.807, 2.05) is 18.4 Å². The molecule has 10 heteroatoms. The summed E-state index contributed by atoms with van der Waals surface area (Å²) in [6.07, 6.45) is 0.123. The maximum absolute atomic E-state index is 14.5. The Morgan fingerprint density at radius 2 is 1.84 bits per heavy atom. The third-order valence-electron chi connectivity index (χ3n) is 6.20. The molecule has 7 nitrogen and oxygen atoms in total. The Morgan fingerprint density at radius 3 is 2.69 bits per heavy atom. The first-order chi connectivity index (χ1) is 15.3. The maximum Gasteiger partial charge on any atom is 0.296 e. The summed E-state index contributed by atoms with van der Waals surface area (Å²) in [4.78, 5) is 8.37. The molecule has 6 rings (SSSR count). The minimum atomic E-state index is -3.07. The molecule has 0 aliphatic carbocycles. The van der Waals surface area contributed by atoms with Crippen molar-refractivity contribution < 1.29 is 27.7 Å². The fourth-order valence-corrected chi connectivity index (χ4v) is 5.12. The van der Waals surface area contributed by atoms with Gasteiger partial charge in [0.2, 0.25) is 0 Å². The monoisotopic (exact) mass is 463 g/mol. The number of hydrogen-bond donors (Lipinski definition) is 0. The zero-order valence-electron chi connectivity index (χ0n) is 17.2. The van der Waals surface area contributed by atoms with Gasteiger partial charge in [-0.3, -0.25) is 0 Å². The number of benzene rings is 1. The van der Waals surface area contributed by atoms with Crippen molar-refractivity contribution in [1.82, 2.24) is 14.5 Å². The van der Waals surface area contributed by atoms with E-state index in [2.05, 4.69) is 9.97 Å². The Balaban J connectivity index is 1.43. The van der Waals surface area contributed by atoms with Crippen LogP contribution in [0.2, 0.25) is 5.15 Å². The van der Waals surface area contributed by atoms with Crippen LogP contribution in [0.1, 0.15) is 37.3 Å². The van der Waals surface area contributed by atoms with Gasteiger partial charge >= 0.3 is 0 Å². The third-order valence-corrected chi connectivity index (χ3v) is 6.50. The smallest absolute Gasteiger partial charge is 0.296 e. The molecular formula is C22H20ClF2N3O4. The van der Waals surface area contributed by atoms with E-state index in [1.165, 1.54) is 12.4 Å². The molecule has 1 unspecified atom stereocenters. The number of ether oxygens (including phenoxy) is 4. The fraction of sp³-hybridized carbons (Fsp3) is 0.455. The van der Waals surface area contributed by atoms with Crippen molar-refractivity contribution in [2.45, 2.75) is 56.2 Å². The predicted octanol–water partition coefficient (Wildman–Crippen LogP) is 4.37. The Morgan fingerprint density at radius 1 is 1.06 bits per heavy atom. The summed E-state index contributed by atoms with van der Waals surface area (Å²) in [5.74, 6) is -3.94. The number of alkyl halides is 2. The van der Waals surface area contributed by atoms with Crippen LogP contribution in [0.15, 0.2) is 42.9 Å². The lowest BCUT2D eigenvalue weighted by molar-refractivity contribution is -0.222. The molecule has 2 aromatic heterocycles. The second-order valence-electron chi connectivity index (χ2n) is 8.70. The van der Waals surface area contributed by atoms with Crippen LogP contribution in [0.5, 0.6) is 0 Å². The molecule has 0 N–H and O–H groups in total. The van der Waals surface area contributed by atoms with Crippen molar-refractivity contribution in [3.8, 4) is 0 Å². The molecular weight excluding hydrogens is 444 g/mol. The van der Waals surface area contributed by atoms with Gasteiger partial charge in [-0.25, -0.2) is 9.97 Å². The quantitative estimate of drug-likeness (QED) is 0.526. The minimum Gasteiger partial charge on any atom is -0.364 e. The number of aromatic nitrogens is 3. The van der Waals surface area contributed by atoms with Gasteiger partial charge in [-0.15, -0.1) is 0 Å². The molecule has 2 saturated heterocycles. The summed E-state index contributed by atoms with van der Waals surface area (Å²) < 4.78 is 55.3. The Hall–Kier alpha value is -2.17. The van der Waals surface area contributed by atoms with E-state index in [9.17, 15) is 8.78 Å². The lowest BCUT2D eigenvalue weighted by atomic mass is 9.90. The highest BCUT2D eigenvalue weighted by Crippen LogP contribution is 2.51. The van der Waals surface area contributed by atoms with E-state index >= 15 is 0 Å². The maximum atomic E-state index is 14.5. The topological polar surface area (TPSA) is 67.6 Å². The van der Waals surface area contributed by atoms with Gasteiger partial charge in [0.25, 0.3) is 5.92 Å². The molecule has 0 amide bonds. The molecule has 0 radical (unpaired) electrons. The summed E-state index contributed by atoms with van der Waals surface area (Å²) in [6, 6.07) is 8.21. The Kier molecular flexibility index (Phi) is 4.42. The van der Waals surface area contributed by atoms with Crippen LogP contribution in [0.4, 0.5) is 8.78 Å². The van der Waals surface area contributed by atoms with Crippen LogP contribution in [-0.4, -0.2) is 45.2 Å². The van der Waals surface area contributed by atoms with Crippen molar-refractivity contribution in [1.29, 1.82) is 0 Å². The van der Waals surface area contributed by atoms with E-state index < -0.39 is 49.0 Å². The lowest BCUT2D eigenvalue weighted by Crippen LogP contribution is -2.40. The molecule has 0 bridgehead atoms. The van der Waals surface area contributed by atoms with E-state index in [0.29, 0.717) is 21.7 Å². The zero-order chi connectivity index (χ0) is 22.3. The first-order valence-electron chi connectivity index (χ1n) is 10.3. The van der Waals surface area contributed by atoms with E-state index in [0.717, 1.165) is 0 Å². The summed E-state index contributed by atoms with van der Waals surface area (Å²) >= 11 is 6.21. The van der Waals surface area contributed by atoms with Crippen molar-refractivity contribution >= 4 is 22.6 Å². The summed E-state index contributed by atoms with van der Waals surface area (Å²) in [5.41, 5.74) is 0.923. The molecule has 5 heterocycles. The van der Waals surface area contributed by atoms with Gasteiger partial charge in [0.1, 0.15) is 48.2 Å². The number of hydrogen-bond acceptors (Lipinski definition) is 6. The molecule has 32 heavy (non-hydrogen) atoms. The normalized spacial score (nSPS) is 32.7. The SMILES string of the molecule is CC1(C)O[C@@H]2[C@H](O1)C([C@@H]1OCC(F)(F)c3ccccc31)O[C@H]2n1ccc2c(Cl)ncnc21. The standard InChI is InChI=1S/C22H20ClF2N3O4/c1-21(2)31-16-15(14-11-5-3-4-6-13(11)22(24,25)9-29-14)30-20(17(16)32-21)28-8-7-12-18(23)26-10-27-19(12)28/h3-8,10,14-17,20H,9H2,1-2H3/t14-,15?,16-,17-,20-/m1/s1. The second-order valence-corrected chi connectivity index (χ2v) is 9.06. The van der Waals surface area contributed by atoms with Crippen LogP contribution >= 0.6 is 11.6 Å². The molecule has 2 fully saturated rings. The largest absolute Gasteiger partial charge is 0.364 e. The van der Waals surface area contributed by atoms with Crippen molar-refractivity contribution in [2.24, 2.45) is 0 Å². The first-order valence-corrected chi connectivity index (χ1v) is 10.7. The van der Waals surface area contributed by atoms with Crippen LogP contribution in [0.3, 0.4) is 0 Å². The second kappa shape index (κ2) is 6.91. The van der Waals surface area contributed by atoms with Crippen LogP contribution in [-0.2, 0) is 24.9 Å². The number of fused-ring (bicyclic) bond motifs is 3. The van der Waals surface area contributed by atoms with Crippen LogP contribution in [0, 0.1) is 0 Å². The molecule has 0 spiro atoms. The van der Waals surface area contributed by atoms with Gasteiger partial charge in [-0.2, -0.15) is 8.78 Å². The van der Waals surface area contributed by atoms with Crippen molar-refractivity contribution in [3.63, 3.8) is 0 Å². The van der Waals surface area contributed by atoms with Crippen molar-refractivity contribution in [3.05, 3.63) is 59.1 Å². The van der Waals surface area contributed by atoms with E-state index in [1.54, 1.807) is 30.5 Å². The highest BCUT2D eigenvalue weighted by Gasteiger charge is 2.60. The Bertz CT molecular complexity index is 1200. The number of nitrogens with zero attached hydrogens (tertiary/aromatic N) is 3. The van der Waals surface area contributed by atoms with Crippen molar-refractivity contribution in [2.75, 3.05) is 6.61 Å². The fourth-order valence-electron chi connectivity index (χ4n) is 4.93. The molecule has 3 aliphatic rings. The molecule has 3 aromatic rings. The summed E-state index contributed by atoms with van der Waals surface area (Å²) in [5, 5.41) is 1.00. The van der Waals surface area contributed by atoms with E-state index in [-0.39, 0.29) is 5.56 Å². The Labute approximate surface area is 187 Å².